The second-order valence-corrected chi connectivity index (χ2v) is 11.3. The highest BCUT2D eigenvalue weighted by Crippen LogP contribution is 2.29. The van der Waals surface area contributed by atoms with E-state index in [4.69, 9.17) is 9.47 Å². The number of aromatic amines is 2. The van der Waals surface area contributed by atoms with Crippen molar-refractivity contribution in [3.05, 3.63) is 121 Å². The van der Waals surface area contributed by atoms with E-state index in [1.165, 1.54) is 9.59 Å². The first-order valence-electron chi connectivity index (χ1n) is 16.2. The van der Waals surface area contributed by atoms with Crippen LogP contribution in [0.3, 0.4) is 0 Å². The molecule has 4 aromatic carbocycles. The van der Waals surface area contributed by atoms with Crippen molar-refractivity contribution in [2.45, 2.75) is 19.5 Å². The van der Waals surface area contributed by atoms with E-state index < -0.39 is 0 Å². The minimum atomic E-state index is 0.290. The van der Waals surface area contributed by atoms with E-state index >= 15 is 0 Å². The SMILES string of the molecule is c1ccc(-c2nnn(Cc3nc(-c4ccccc4OCCCOc4ccccc4-c4n[nH]c(Cn5nnc(-c6ccccc6)n5)n4)n[nH]3)n2)cc1. The number of hydrogen-bond donors (Lipinski definition) is 2. The van der Waals surface area contributed by atoms with Gasteiger partial charge in [-0.3, -0.25) is 10.2 Å². The van der Waals surface area contributed by atoms with Crippen LogP contribution in [0.5, 0.6) is 11.5 Å². The maximum Gasteiger partial charge on any atom is 0.204 e. The van der Waals surface area contributed by atoms with Crippen molar-refractivity contribution in [1.29, 1.82) is 0 Å². The van der Waals surface area contributed by atoms with Gasteiger partial charge in [-0.25, -0.2) is 9.97 Å². The number of rotatable bonds is 14. The van der Waals surface area contributed by atoms with E-state index in [0.29, 0.717) is 79.2 Å². The van der Waals surface area contributed by atoms with Gasteiger partial charge in [-0.05, 0) is 34.7 Å². The molecular formula is C35H30N14O2. The first kappa shape index (κ1) is 31.2. The summed E-state index contributed by atoms with van der Waals surface area (Å²) in [4.78, 5) is 12.3. The van der Waals surface area contributed by atoms with Gasteiger partial charge in [0.2, 0.25) is 11.6 Å². The first-order chi connectivity index (χ1) is 25.2. The van der Waals surface area contributed by atoms with Crippen LogP contribution in [0.15, 0.2) is 109 Å². The van der Waals surface area contributed by atoms with Crippen molar-refractivity contribution in [2.75, 3.05) is 13.2 Å². The molecule has 4 aromatic heterocycles. The van der Waals surface area contributed by atoms with Crippen LogP contribution in [0.4, 0.5) is 0 Å². The van der Waals surface area contributed by atoms with Crippen LogP contribution in [0.25, 0.3) is 45.6 Å². The topological polar surface area (TPSA) is 189 Å². The van der Waals surface area contributed by atoms with Gasteiger partial charge in [-0.2, -0.15) is 19.8 Å². The Labute approximate surface area is 290 Å². The van der Waals surface area contributed by atoms with Crippen molar-refractivity contribution in [2.24, 2.45) is 0 Å². The Hall–Kier alpha value is -7.10. The highest BCUT2D eigenvalue weighted by atomic mass is 16.5. The minimum absolute atomic E-state index is 0.290. The maximum atomic E-state index is 6.15. The lowest BCUT2D eigenvalue weighted by Gasteiger charge is -2.11. The molecule has 51 heavy (non-hydrogen) atoms. The van der Waals surface area contributed by atoms with E-state index in [9.17, 15) is 0 Å². The fraction of sp³-hybridized carbons (Fsp3) is 0.143. The number of hydrogen-bond acceptors (Lipinski definition) is 12. The molecule has 0 fully saturated rings. The highest BCUT2D eigenvalue weighted by molar-refractivity contribution is 5.64. The molecule has 8 aromatic rings. The molecule has 0 atom stereocenters. The van der Waals surface area contributed by atoms with Crippen LogP contribution in [-0.2, 0) is 13.1 Å². The Morgan fingerprint density at radius 2 is 0.922 bits per heavy atom. The summed E-state index contributed by atoms with van der Waals surface area (Å²) in [5.41, 5.74) is 3.31. The summed E-state index contributed by atoms with van der Waals surface area (Å²) in [6.07, 6.45) is 0.630. The van der Waals surface area contributed by atoms with E-state index in [-0.39, 0.29) is 0 Å². The van der Waals surface area contributed by atoms with Gasteiger partial charge in [0, 0.05) is 17.5 Å². The molecule has 0 unspecified atom stereocenters. The van der Waals surface area contributed by atoms with Crippen LogP contribution >= 0.6 is 0 Å². The van der Waals surface area contributed by atoms with Crippen LogP contribution in [0, 0.1) is 0 Å². The summed E-state index contributed by atoms with van der Waals surface area (Å²) in [5.74, 6) is 4.63. The Bertz CT molecular complexity index is 2170. The van der Waals surface area contributed by atoms with E-state index in [2.05, 4.69) is 61.2 Å². The third-order valence-electron chi connectivity index (χ3n) is 7.68. The quantitative estimate of drug-likeness (QED) is 0.153. The van der Waals surface area contributed by atoms with Gasteiger partial charge in [0.15, 0.2) is 11.6 Å². The zero-order valence-electron chi connectivity index (χ0n) is 27.1. The predicted octanol–water partition coefficient (Wildman–Crippen LogP) is 4.51. The van der Waals surface area contributed by atoms with E-state index in [1.807, 2.05) is 109 Å². The van der Waals surface area contributed by atoms with Gasteiger partial charge >= 0.3 is 0 Å². The van der Waals surface area contributed by atoms with Gasteiger partial charge in [-0.15, -0.1) is 20.4 Å². The molecule has 0 saturated heterocycles. The third-order valence-corrected chi connectivity index (χ3v) is 7.68. The lowest BCUT2D eigenvalue weighted by atomic mass is 10.2. The van der Waals surface area contributed by atoms with E-state index in [1.54, 1.807) is 0 Å². The number of H-pyrrole nitrogens is 2. The van der Waals surface area contributed by atoms with Crippen LogP contribution in [-0.4, -0.2) is 84.0 Å². The van der Waals surface area contributed by atoms with Crippen molar-refractivity contribution >= 4 is 0 Å². The fourth-order valence-electron chi connectivity index (χ4n) is 5.24. The van der Waals surface area contributed by atoms with Crippen molar-refractivity contribution < 1.29 is 9.47 Å². The van der Waals surface area contributed by atoms with Gasteiger partial charge in [-0.1, -0.05) is 84.9 Å². The normalized spacial score (nSPS) is 11.1. The molecule has 0 radical (unpaired) electrons. The summed E-state index contributed by atoms with van der Waals surface area (Å²) < 4.78 is 12.3. The molecule has 16 nitrogen and oxygen atoms in total. The maximum absolute atomic E-state index is 6.15. The average molecular weight is 679 g/mol. The molecule has 0 bridgehead atoms. The smallest absolute Gasteiger partial charge is 0.204 e. The lowest BCUT2D eigenvalue weighted by Crippen LogP contribution is -2.06. The summed E-state index contributed by atoms with van der Waals surface area (Å²) in [6, 6.07) is 34.7. The minimum Gasteiger partial charge on any atom is -0.493 e. The fourth-order valence-corrected chi connectivity index (χ4v) is 5.24. The summed E-state index contributed by atoms with van der Waals surface area (Å²) in [5, 5.41) is 40.3. The Morgan fingerprint density at radius 1 is 0.490 bits per heavy atom. The van der Waals surface area contributed by atoms with Gasteiger partial charge in [0.05, 0.1) is 24.3 Å². The zero-order valence-corrected chi connectivity index (χ0v) is 27.1. The molecule has 252 valence electrons. The van der Waals surface area contributed by atoms with Crippen molar-refractivity contribution in [3.8, 4) is 57.1 Å². The highest BCUT2D eigenvalue weighted by Gasteiger charge is 2.15. The third kappa shape index (κ3) is 7.34. The molecular weight excluding hydrogens is 648 g/mol. The second-order valence-electron chi connectivity index (χ2n) is 11.3. The monoisotopic (exact) mass is 678 g/mol. The summed E-state index contributed by atoms with van der Waals surface area (Å²) in [6.45, 7) is 1.42. The summed E-state index contributed by atoms with van der Waals surface area (Å²) >= 11 is 0. The molecule has 0 aliphatic carbocycles. The lowest BCUT2D eigenvalue weighted by molar-refractivity contribution is 0.248. The molecule has 0 aliphatic rings. The predicted molar refractivity (Wildman–Crippen MR) is 184 cm³/mol. The summed E-state index contributed by atoms with van der Waals surface area (Å²) in [7, 11) is 0. The molecule has 8 rings (SSSR count). The largest absolute Gasteiger partial charge is 0.493 e. The number of ether oxygens (including phenoxy) is 2. The van der Waals surface area contributed by atoms with Crippen LogP contribution in [0.1, 0.15) is 18.1 Å². The molecule has 4 heterocycles. The van der Waals surface area contributed by atoms with Gasteiger partial charge in [0.25, 0.3) is 0 Å². The van der Waals surface area contributed by atoms with Crippen LogP contribution < -0.4 is 9.47 Å². The van der Waals surface area contributed by atoms with Crippen LogP contribution in [0.2, 0.25) is 0 Å². The Morgan fingerprint density at radius 3 is 1.39 bits per heavy atom. The number of aromatic nitrogens is 14. The molecule has 0 amide bonds. The average Bonchev–Trinajstić information content (AvgIpc) is 4.02. The first-order valence-corrected chi connectivity index (χ1v) is 16.2. The van der Waals surface area contributed by atoms with E-state index in [0.717, 1.165) is 22.3 Å². The Balaban J connectivity index is 0.850. The van der Waals surface area contributed by atoms with Crippen molar-refractivity contribution in [3.63, 3.8) is 0 Å². The molecule has 16 heteroatoms. The van der Waals surface area contributed by atoms with Crippen molar-refractivity contribution in [1.82, 2.24) is 70.8 Å². The van der Waals surface area contributed by atoms with Gasteiger partial charge in [0.1, 0.15) is 36.2 Å². The molecule has 0 saturated carbocycles. The standard InChI is InChI=1S/C35H30N14O2/c1-3-12-24(13-4-1)32-42-46-48(44-32)22-30-36-34(40-38-30)26-16-7-9-18-28(26)50-20-11-21-51-29-19-10-8-17-27(29)35-37-31(39-41-35)23-49-45-33(43-47-49)25-14-5-2-6-15-25/h1-10,12-19H,11,20-23H2,(H,36,38,40)(H,37,39,41). The number of nitrogens with one attached hydrogen (secondary N) is 2. The number of nitrogens with zero attached hydrogens (tertiary/aromatic N) is 12. The molecule has 2 N–H and O–H groups in total. The number of tetrazole rings is 2. The molecule has 0 aliphatic heterocycles. The zero-order chi connectivity index (χ0) is 34.2. The van der Waals surface area contributed by atoms with Gasteiger partial charge < -0.3 is 9.47 Å². The molecule has 0 spiro atoms. The number of benzene rings is 4. The second kappa shape index (κ2) is 14.6. The Kier molecular flexibility index (Phi) is 8.91. The number of para-hydroxylation sites is 2.